The molecule has 0 aromatic heterocycles. The Bertz CT molecular complexity index is 595. The van der Waals surface area contributed by atoms with E-state index in [0.717, 1.165) is 6.54 Å². The molecule has 1 aliphatic heterocycles. The molecule has 0 saturated carbocycles. The number of hydrogen-bond acceptors (Lipinski definition) is 1. The third kappa shape index (κ3) is 0.769. The fourth-order valence-corrected chi connectivity index (χ4v) is 2.64. The van der Waals surface area contributed by atoms with E-state index in [2.05, 4.69) is 47.5 Å². The maximum atomic E-state index is 4.56. The monoisotopic (exact) mass is 191 g/mol. The van der Waals surface area contributed by atoms with Crippen molar-refractivity contribution in [1.82, 2.24) is 0 Å². The third-order valence-corrected chi connectivity index (χ3v) is 3.25. The van der Waals surface area contributed by atoms with E-state index in [1.54, 1.807) is 0 Å². The van der Waals surface area contributed by atoms with Crippen LogP contribution in [-0.2, 0) is 0 Å². The van der Waals surface area contributed by atoms with Crippen molar-refractivity contribution in [1.29, 1.82) is 0 Å². The zero-order chi connectivity index (χ0) is 9.83. The van der Waals surface area contributed by atoms with Crippen molar-refractivity contribution >= 4 is 22.1 Å². The van der Waals surface area contributed by atoms with Crippen LogP contribution in [0.15, 0.2) is 47.5 Å². The highest BCUT2D eigenvalue weighted by Crippen LogP contribution is 2.39. The average Bonchev–Trinajstić information content (AvgIpc) is 2.84. The molecule has 2 aromatic carbocycles. The topological polar surface area (TPSA) is 12.4 Å². The Kier molecular flexibility index (Phi) is 1.17. The first-order chi connectivity index (χ1) is 7.45. The number of allylic oxidation sites excluding steroid dienone is 1. The number of aliphatic imine (C=N–C) groups is 1. The van der Waals surface area contributed by atoms with Crippen molar-refractivity contribution < 1.29 is 0 Å². The minimum absolute atomic E-state index is 0.843. The molecule has 0 spiro atoms. The molecule has 70 valence electrons. The predicted octanol–water partition coefficient (Wildman–Crippen LogP) is 3.04. The minimum Gasteiger partial charge on any atom is -0.280 e. The Labute approximate surface area is 87.8 Å². The molecule has 1 heterocycles. The predicted molar refractivity (Wildman–Crippen MR) is 63.3 cm³/mol. The van der Waals surface area contributed by atoms with Gasteiger partial charge in [-0.15, -0.1) is 0 Å². The van der Waals surface area contributed by atoms with Gasteiger partial charge >= 0.3 is 0 Å². The summed E-state index contributed by atoms with van der Waals surface area (Å²) in [6.07, 6.45) is 2.23. The van der Waals surface area contributed by atoms with Gasteiger partial charge in [0.1, 0.15) is 0 Å². The van der Waals surface area contributed by atoms with Gasteiger partial charge in [-0.1, -0.05) is 42.5 Å². The highest BCUT2D eigenvalue weighted by molar-refractivity contribution is 6.42. The van der Waals surface area contributed by atoms with Crippen LogP contribution in [0.5, 0.6) is 0 Å². The van der Waals surface area contributed by atoms with Crippen molar-refractivity contribution in [2.24, 2.45) is 4.99 Å². The van der Waals surface area contributed by atoms with Crippen molar-refractivity contribution in [3.05, 3.63) is 53.6 Å². The molecule has 0 radical (unpaired) electrons. The average molecular weight is 191 g/mol. The zero-order valence-electron chi connectivity index (χ0n) is 8.20. The van der Waals surface area contributed by atoms with E-state index in [9.17, 15) is 0 Å². The second-order valence-corrected chi connectivity index (χ2v) is 4.02. The van der Waals surface area contributed by atoms with Crippen molar-refractivity contribution in [2.45, 2.75) is 0 Å². The molecule has 0 saturated heterocycles. The van der Waals surface area contributed by atoms with Gasteiger partial charge in [-0.25, -0.2) is 0 Å². The SMILES string of the molecule is C1=C2C(=NC1)c1cccc3cccc2c13. The first-order valence-electron chi connectivity index (χ1n) is 5.22. The van der Waals surface area contributed by atoms with Gasteiger partial charge in [0.25, 0.3) is 0 Å². The van der Waals surface area contributed by atoms with Gasteiger partial charge in [0.05, 0.1) is 12.3 Å². The van der Waals surface area contributed by atoms with Gasteiger partial charge < -0.3 is 0 Å². The molecule has 1 nitrogen and oxygen atoms in total. The molecule has 2 aliphatic rings. The summed E-state index contributed by atoms with van der Waals surface area (Å²) in [5.74, 6) is 0. The second-order valence-electron chi connectivity index (χ2n) is 4.02. The largest absolute Gasteiger partial charge is 0.280 e. The summed E-state index contributed by atoms with van der Waals surface area (Å²) in [6.45, 7) is 0.843. The van der Waals surface area contributed by atoms with Gasteiger partial charge in [-0.2, -0.15) is 0 Å². The van der Waals surface area contributed by atoms with E-state index in [-0.39, 0.29) is 0 Å². The fourth-order valence-electron chi connectivity index (χ4n) is 2.64. The molecule has 4 rings (SSSR count). The van der Waals surface area contributed by atoms with Gasteiger partial charge in [0.2, 0.25) is 0 Å². The fraction of sp³-hybridized carbons (Fsp3) is 0.0714. The van der Waals surface area contributed by atoms with Crippen LogP contribution in [0.1, 0.15) is 11.1 Å². The molecule has 0 atom stereocenters. The van der Waals surface area contributed by atoms with E-state index in [1.165, 1.54) is 33.2 Å². The van der Waals surface area contributed by atoms with E-state index >= 15 is 0 Å². The van der Waals surface area contributed by atoms with E-state index < -0.39 is 0 Å². The number of rotatable bonds is 0. The van der Waals surface area contributed by atoms with E-state index in [0.29, 0.717) is 0 Å². The lowest BCUT2D eigenvalue weighted by Gasteiger charge is -1.99. The summed E-state index contributed by atoms with van der Waals surface area (Å²) in [4.78, 5) is 4.56. The van der Waals surface area contributed by atoms with Gasteiger partial charge in [-0.05, 0) is 16.3 Å². The lowest BCUT2D eigenvalue weighted by Crippen LogP contribution is -1.91. The van der Waals surface area contributed by atoms with Crippen molar-refractivity contribution in [3.8, 4) is 0 Å². The van der Waals surface area contributed by atoms with Crippen LogP contribution < -0.4 is 0 Å². The smallest absolute Gasteiger partial charge is 0.0732 e. The molecule has 1 aliphatic carbocycles. The highest BCUT2D eigenvalue weighted by Gasteiger charge is 2.26. The van der Waals surface area contributed by atoms with Crippen LogP contribution >= 0.6 is 0 Å². The zero-order valence-corrected chi connectivity index (χ0v) is 8.20. The number of hydrogen-bond donors (Lipinski definition) is 0. The quantitative estimate of drug-likeness (QED) is 0.607. The number of benzene rings is 2. The molecule has 0 amide bonds. The first kappa shape index (κ1) is 7.41. The van der Waals surface area contributed by atoms with Crippen molar-refractivity contribution in [2.75, 3.05) is 6.54 Å². The molecule has 0 N–H and O–H groups in total. The van der Waals surface area contributed by atoms with Gasteiger partial charge in [0, 0.05) is 11.1 Å². The molecular formula is C14H9N. The van der Waals surface area contributed by atoms with E-state index in [1.807, 2.05) is 0 Å². The van der Waals surface area contributed by atoms with Crippen LogP contribution in [0.4, 0.5) is 0 Å². The van der Waals surface area contributed by atoms with Crippen LogP contribution in [0.3, 0.4) is 0 Å². The summed E-state index contributed by atoms with van der Waals surface area (Å²) in [5, 5.41) is 2.70. The molecule has 0 bridgehead atoms. The standard InChI is InChI=1S/C14H9N/c1-3-9-4-2-6-12-13(9)10(5-1)11-7-8-15-14(11)12/h1-7H,8H2. The lowest BCUT2D eigenvalue weighted by molar-refractivity contribution is 1.28. The maximum absolute atomic E-state index is 4.56. The van der Waals surface area contributed by atoms with Crippen LogP contribution in [0.2, 0.25) is 0 Å². The first-order valence-corrected chi connectivity index (χ1v) is 5.22. The summed E-state index contributed by atoms with van der Waals surface area (Å²) >= 11 is 0. The Balaban J connectivity index is 2.30. The normalized spacial score (nSPS) is 16.5. The molecule has 2 aromatic rings. The van der Waals surface area contributed by atoms with Crippen LogP contribution in [-0.4, -0.2) is 12.3 Å². The Morgan fingerprint density at radius 2 is 1.73 bits per heavy atom. The lowest BCUT2D eigenvalue weighted by atomic mass is 10.0. The number of nitrogens with zero attached hydrogens (tertiary/aromatic N) is 1. The molecule has 15 heavy (non-hydrogen) atoms. The highest BCUT2D eigenvalue weighted by atomic mass is 14.8. The Morgan fingerprint density at radius 1 is 0.933 bits per heavy atom. The van der Waals surface area contributed by atoms with E-state index in [4.69, 9.17) is 0 Å². The maximum Gasteiger partial charge on any atom is 0.0732 e. The number of fused-ring (bicyclic) bond motifs is 3. The Morgan fingerprint density at radius 3 is 2.60 bits per heavy atom. The van der Waals surface area contributed by atoms with Crippen molar-refractivity contribution in [3.63, 3.8) is 0 Å². The van der Waals surface area contributed by atoms with Gasteiger partial charge in [0.15, 0.2) is 0 Å². The minimum atomic E-state index is 0.843. The summed E-state index contributed by atoms with van der Waals surface area (Å²) < 4.78 is 0. The molecule has 0 unspecified atom stereocenters. The molecule has 1 heteroatoms. The summed E-state index contributed by atoms with van der Waals surface area (Å²) in [7, 11) is 0. The molecular weight excluding hydrogens is 182 g/mol. The van der Waals surface area contributed by atoms with Gasteiger partial charge in [-0.3, -0.25) is 4.99 Å². The summed E-state index contributed by atoms with van der Waals surface area (Å²) in [6, 6.07) is 13.0. The second kappa shape index (κ2) is 2.37. The Hall–Kier alpha value is -1.89. The molecule has 0 fully saturated rings. The summed E-state index contributed by atoms with van der Waals surface area (Å²) in [5.41, 5.74) is 5.20. The van der Waals surface area contributed by atoms with Crippen LogP contribution in [0.25, 0.3) is 16.3 Å². The third-order valence-electron chi connectivity index (χ3n) is 3.25. The van der Waals surface area contributed by atoms with Crippen LogP contribution in [0, 0.1) is 0 Å².